The van der Waals surface area contributed by atoms with Crippen LogP contribution in [0.5, 0.6) is 11.5 Å². The number of hydrogen-bond donors (Lipinski definition) is 0. The molecule has 0 aliphatic rings. The summed E-state index contributed by atoms with van der Waals surface area (Å²) >= 11 is 3.26. The molecule has 0 aliphatic heterocycles. The fourth-order valence-electron chi connectivity index (χ4n) is 1.24. The van der Waals surface area contributed by atoms with E-state index in [2.05, 4.69) is 20.9 Å². The molecule has 0 spiro atoms. The molecule has 0 N–H and O–H groups in total. The van der Waals surface area contributed by atoms with Gasteiger partial charge in [0, 0.05) is 16.7 Å². The van der Waals surface area contributed by atoms with E-state index in [1.165, 1.54) is 18.3 Å². The normalized spacial score (nSPS) is 9.94. The molecule has 0 bridgehead atoms. The monoisotopic (exact) mass is 294 g/mol. The Morgan fingerprint density at radius 3 is 2.76 bits per heavy atom. The Balaban J connectivity index is 2.24. The third kappa shape index (κ3) is 3.01. The van der Waals surface area contributed by atoms with E-state index in [0.29, 0.717) is 11.5 Å². The molecule has 86 valence electrons. The second kappa shape index (κ2) is 4.92. The third-order valence-electron chi connectivity index (χ3n) is 1.94. The summed E-state index contributed by atoms with van der Waals surface area (Å²) in [5, 5.41) is 10.6. The molecule has 0 saturated carbocycles. The average molecular weight is 295 g/mol. The minimum Gasteiger partial charge on any atom is -0.455 e. The van der Waals surface area contributed by atoms with E-state index < -0.39 is 4.92 Å². The number of aromatic nitrogens is 1. The lowest BCUT2D eigenvalue weighted by Crippen LogP contribution is -1.89. The first-order valence-electron chi connectivity index (χ1n) is 4.68. The first-order chi connectivity index (χ1) is 8.15. The first-order valence-corrected chi connectivity index (χ1v) is 5.47. The van der Waals surface area contributed by atoms with Gasteiger partial charge in [-0.05, 0) is 28.1 Å². The predicted molar refractivity (Wildman–Crippen MR) is 65.1 cm³/mol. The van der Waals surface area contributed by atoms with Crippen molar-refractivity contribution in [1.29, 1.82) is 0 Å². The van der Waals surface area contributed by atoms with Crippen molar-refractivity contribution in [3.05, 3.63) is 57.3 Å². The zero-order chi connectivity index (χ0) is 12.3. The molecule has 5 nitrogen and oxygen atoms in total. The van der Waals surface area contributed by atoms with Gasteiger partial charge in [-0.15, -0.1) is 0 Å². The van der Waals surface area contributed by atoms with Crippen LogP contribution in [0.15, 0.2) is 47.2 Å². The molecule has 6 heteroatoms. The molecule has 1 heterocycles. The Hall–Kier alpha value is -1.95. The molecule has 0 aliphatic carbocycles. The predicted octanol–water partition coefficient (Wildman–Crippen LogP) is 3.54. The van der Waals surface area contributed by atoms with Gasteiger partial charge in [-0.3, -0.25) is 15.1 Å². The summed E-state index contributed by atoms with van der Waals surface area (Å²) in [6, 6.07) is 7.71. The van der Waals surface area contributed by atoms with Crippen LogP contribution in [0.1, 0.15) is 0 Å². The summed E-state index contributed by atoms with van der Waals surface area (Å²) in [7, 11) is 0. The van der Waals surface area contributed by atoms with Crippen LogP contribution in [0.4, 0.5) is 5.69 Å². The highest BCUT2D eigenvalue weighted by Gasteiger charge is 2.07. The van der Waals surface area contributed by atoms with Gasteiger partial charge in [0.2, 0.25) is 0 Å². The summed E-state index contributed by atoms with van der Waals surface area (Å²) < 4.78 is 6.23. The first kappa shape index (κ1) is 11.5. The van der Waals surface area contributed by atoms with E-state index in [1.54, 1.807) is 24.4 Å². The number of rotatable bonds is 3. The third-order valence-corrected chi connectivity index (χ3v) is 2.38. The lowest BCUT2D eigenvalue weighted by molar-refractivity contribution is -0.384. The van der Waals surface area contributed by atoms with Gasteiger partial charge in [-0.25, -0.2) is 0 Å². The highest BCUT2D eigenvalue weighted by molar-refractivity contribution is 9.10. The maximum Gasteiger partial charge on any atom is 0.273 e. The average Bonchev–Trinajstić information content (AvgIpc) is 2.29. The number of ether oxygens (including phenoxy) is 1. The molecule has 0 radical (unpaired) electrons. The minimum absolute atomic E-state index is 0.00884. The quantitative estimate of drug-likeness (QED) is 0.641. The number of nitrogens with zero attached hydrogens (tertiary/aromatic N) is 2. The van der Waals surface area contributed by atoms with Crippen molar-refractivity contribution in [1.82, 2.24) is 4.98 Å². The Bertz CT molecular complexity index is 560. The number of halogens is 1. The maximum absolute atomic E-state index is 10.6. The summed E-state index contributed by atoms with van der Waals surface area (Å²) in [6.07, 6.45) is 3.16. The van der Waals surface area contributed by atoms with Crippen LogP contribution in [-0.4, -0.2) is 9.91 Å². The Kier molecular flexibility index (Phi) is 3.34. The topological polar surface area (TPSA) is 65.3 Å². The SMILES string of the molecule is O=[N+]([O-])c1cccc(Oc2cncc(Br)c2)c1. The van der Waals surface area contributed by atoms with Gasteiger partial charge in [-0.2, -0.15) is 0 Å². The van der Waals surface area contributed by atoms with Crippen LogP contribution in [0.25, 0.3) is 0 Å². The second-order valence-corrected chi connectivity index (χ2v) is 4.11. The number of nitro benzene ring substituents is 1. The fourth-order valence-corrected chi connectivity index (χ4v) is 1.59. The number of nitro groups is 1. The minimum atomic E-state index is -0.466. The van der Waals surface area contributed by atoms with Crippen molar-refractivity contribution in [2.24, 2.45) is 0 Å². The van der Waals surface area contributed by atoms with Crippen LogP contribution < -0.4 is 4.74 Å². The Morgan fingerprint density at radius 1 is 1.24 bits per heavy atom. The molecule has 0 amide bonds. The molecule has 0 atom stereocenters. The molecule has 2 aromatic rings. The molecule has 0 saturated heterocycles. The van der Waals surface area contributed by atoms with Gasteiger partial charge in [0.15, 0.2) is 0 Å². The molecule has 17 heavy (non-hydrogen) atoms. The second-order valence-electron chi connectivity index (χ2n) is 3.20. The summed E-state index contributed by atoms with van der Waals surface area (Å²) in [4.78, 5) is 14.1. The number of benzene rings is 1. The zero-order valence-corrected chi connectivity index (χ0v) is 10.1. The number of pyridine rings is 1. The van der Waals surface area contributed by atoms with Crippen molar-refractivity contribution in [3.8, 4) is 11.5 Å². The van der Waals surface area contributed by atoms with Gasteiger partial charge >= 0.3 is 0 Å². The van der Waals surface area contributed by atoms with Gasteiger partial charge in [-0.1, -0.05) is 6.07 Å². The van der Waals surface area contributed by atoms with Gasteiger partial charge < -0.3 is 4.74 Å². The summed E-state index contributed by atoms with van der Waals surface area (Å²) in [5.74, 6) is 0.916. The van der Waals surface area contributed by atoms with Gasteiger partial charge in [0.05, 0.1) is 17.2 Å². The van der Waals surface area contributed by atoms with Crippen molar-refractivity contribution in [2.75, 3.05) is 0 Å². The van der Waals surface area contributed by atoms with E-state index in [1.807, 2.05) is 0 Å². The van der Waals surface area contributed by atoms with E-state index in [0.717, 1.165) is 4.47 Å². The summed E-state index contributed by atoms with van der Waals surface area (Å²) in [5.41, 5.74) is -0.00884. The molecular formula is C11H7BrN2O3. The highest BCUT2D eigenvalue weighted by Crippen LogP contribution is 2.26. The van der Waals surface area contributed by atoms with E-state index in [-0.39, 0.29) is 5.69 Å². The fraction of sp³-hybridized carbons (Fsp3) is 0. The molecular weight excluding hydrogens is 288 g/mol. The van der Waals surface area contributed by atoms with E-state index in [9.17, 15) is 10.1 Å². The molecule has 1 aromatic carbocycles. The van der Waals surface area contributed by atoms with Crippen molar-refractivity contribution >= 4 is 21.6 Å². The largest absolute Gasteiger partial charge is 0.455 e. The van der Waals surface area contributed by atoms with Crippen LogP contribution >= 0.6 is 15.9 Å². The van der Waals surface area contributed by atoms with Crippen LogP contribution in [0, 0.1) is 10.1 Å². The Morgan fingerprint density at radius 2 is 2.06 bits per heavy atom. The molecule has 2 rings (SSSR count). The van der Waals surface area contributed by atoms with E-state index in [4.69, 9.17) is 4.74 Å². The number of hydrogen-bond acceptors (Lipinski definition) is 4. The molecule has 0 unspecified atom stereocenters. The van der Waals surface area contributed by atoms with Gasteiger partial charge in [0.1, 0.15) is 11.5 Å². The van der Waals surface area contributed by atoms with Crippen molar-refractivity contribution in [2.45, 2.75) is 0 Å². The standard InChI is InChI=1S/C11H7BrN2O3/c12-8-4-11(7-13-6-8)17-10-3-1-2-9(5-10)14(15)16/h1-7H. The van der Waals surface area contributed by atoms with Gasteiger partial charge in [0.25, 0.3) is 5.69 Å². The lowest BCUT2D eigenvalue weighted by Gasteiger charge is -2.04. The highest BCUT2D eigenvalue weighted by atomic mass is 79.9. The number of non-ortho nitro benzene ring substituents is 1. The van der Waals surface area contributed by atoms with Crippen molar-refractivity contribution < 1.29 is 9.66 Å². The van der Waals surface area contributed by atoms with Crippen LogP contribution in [-0.2, 0) is 0 Å². The smallest absolute Gasteiger partial charge is 0.273 e. The molecule has 1 aromatic heterocycles. The lowest BCUT2D eigenvalue weighted by atomic mass is 10.3. The van der Waals surface area contributed by atoms with Crippen molar-refractivity contribution in [3.63, 3.8) is 0 Å². The zero-order valence-electron chi connectivity index (χ0n) is 8.54. The maximum atomic E-state index is 10.6. The Labute approximate surface area is 105 Å². The summed E-state index contributed by atoms with van der Waals surface area (Å²) in [6.45, 7) is 0. The van der Waals surface area contributed by atoms with E-state index >= 15 is 0 Å². The van der Waals surface area contributed by atoms with Crippen LogP contribution in [0.3, 0.4) is 0 Å². The van der Waals surface area contributed by atoms with Crippen LogP contribution in [0.2, 0.25) is 0 Å². The molecule has 0 fully saturated rings.